The van der Waals surface area contributed by atoms with Gasteiger partial charge in [0.2, 0.25) is 0 Å². The molecule has 2 aromatic rings. The van der Waals surface area contributed by atoms with Crippen LogP contribution in [0.5, 0.6) is 5.75 Å². The van der Waals surface area contributed by atoms with Crippen molar-refractivity contribution in [1.82, 2.24) is 4.98 Å². The molecule has 0 bridgehead atoms. The molecule has 1 aromatic carbocycles. The van der Waals surface area contributed by atoms with Crippen LogP contribution in [-0.4, -0.2) is 43.5 Å². The predicted octanol–water partition coefficient (Wildman–Crippen LogP) is 4.17. The summed E-state index contributed by atoms with van der Waals surface area (Å²) in [5.41, 5.74) is 0.337. The van der Waals surface area contributed by atoms with Crippen LogP contribution in [0.3, 0.4) is 0 Å². The standard InChI is InChI=1S/C20H25BClNO5/c1-19(2)20(3,4)28-21(27-19)15(11-17(24)26-6)14-10-12-9-13(25-5)7-8-16(12)23-18(14)22/h7-10,15H,11H2,1-6H3. The molecule has 1 aliphatic heterocycles. The molecule has 8 heteroatoms. The van der Waals surface area contributed by atoms with E-state index in [0.717, 1.165) is 10.9 Å². The van der Waals surface area contributed by atoms with Gasteiger partial charge in [-0.25, -0.2) is 4.98 Å². The second-order valence-corrected chi connectivity index (χ2v) is 8.30. The van der Waals surface area contributed by atoms with Gasteiger partial charge in [0, 0.05) is 11.2 Å². The van der Waals surface area contributed by atoms with Crippen molar-refractivity contribution in [1.29, 1.82) is 0 Å². The van der Waals surface area contributed by atoms with Crippen molar-refractivity contribution in [2.75, 3.05) is 14.2 Å². The van der Waals surface area contributed by atoms with Gasteiger partial charge < -0.3 is 18.8 Å². The maximum Gasteiger partial charge on any atom is 0.466 e. The lowest BCUT2D eigenvalue weighted by Crippen LogP contribution is -2.41. The van der Waals surface area contributed by atoms with Crippen molar-refractivity contribution in [2.24, 2.45) is 0 Å². The second-order valence-electron chi connectivity index (χ2n) is 7.94. The molecule has 0 radical (unpaired) electrons. The molecule has 1 unspecified atom stereocenters. The van der Waals surface area contributed by atoms with Crippen molar-refractivity contribution >= 4 is 35.6 Å². The Labute approximate surface area is 170 Å². The summed E-state index contributed by atoms with van der Waals surface area (Å²) in [7, 11) is 2.30. The lowest BCUT2D eigenvalue weighted by atomic mass is 9.66. The van der Waals surface area contributed by atoms with Crippen LogP contribution in [-0.2, 0) is 18.8 Å². The van der Waals surface area contributed by atoms with Crippen LogP contribution in [0.4, 0.5) is 0 Å². The first-order valence-electron chi connectivity index (χ1n) is 9.14. The minimum Gasteiger partial charge on any atom is -0.497 e. The highest BCUT2D eigenvalue weighted by atomic mass is 35.5. The highest BCUT2D eigenvalue weighted by Crippen LogP contribution is 2.43. The van der Waals surface area contributed by atoms with E-state index in [1.54, 1.807) is 7.11 Å². The summed E-state index contributed by atoms with van der Waals surface area (Å²) in [6.45, 7) is 7.86. The van der Waals surface area contributed by atoms with E-state index in [9.17, 15) is 4.79 Å². The number of hydrogen-bond donors (Lipinski definition) is 0. The summed E-state index contributed by atoms with van der Waals surface area (Å²) in [6.07, 6.45) is 0.0597. The fraction of sp³-hybridized carbons (Fsp3) is 0.500. The number of carbonyl (C=O) groups is 1. The van der Waals surface area contributed by atoms with Gasteiger partial charge in [0.25, 0.3) is 0 Å². The Morgan fingerprint density at radius 1 is 1.18 bits per heavy atom. The average Bonchev–Trinajstić information content (AvgIpc) is 2.86. The van der Waals surface area contributed by atoms with Crippen molar-refractivity contribution in [3.63, 3.8) is 0 Å². The number of nitrogens with zero attached hydrogens (tertiary/aromatic N) is 1. The van der Waals surface area contributed by atoms with Gasteiger partial charge in [-0.15, -0.1) is 0 Å². The zero-order valence-corrected chi connectivity index (χ0v) is 17.8. The minimum atomic E-state index is -0.661. The molecule has 6 nitrogen and oxygen atoms in total. The Hall–Kier alpha value is -1.83. The summed E-state index contributed by atoms with van der Waals surface area (Å²) < 4.78 is 22.6. The summed E-state index contributed by atoms with van der Waals surface area (Å²) in [5.74, 6) is -0.131. The number of methoxy groups -OCH3 is 2. The first kappa shape index (κ1) is 20.9. The van der Waals surface area contributed by atoms with Crippen LogP contribution in [0.2, 0.25) is 5.15 Å². The monoisotopic (exact) mass is 405 g/mol. The summed E-state index contributed by atoms with van der Waals surface area (Å²) in [4.78, 5) is 16.6. The Morgan fingerprint density at radius 2 is 1.82 bits per heavy atom. The van der Waals surface area contributed by atoms with Gasteiger partial charge in [0.1, 0.15) is 10.9 Å². The molecule has 0 saturated carbocycles. The number of halogens is 1. The van der Waals surface area contributed by atoms with Crippen LogP contribution in [0, 0.1) is 0 Å². The van der Waals surface area contributed by atoms with Crippen LogP contribution in [0.15, 0.2) is 24.3 Å². The topological polar surface area (TPSA) is 66.9 Å². The van der Waals surface area contributed by atoms with E-state index in [4.69, 9.17) is 30.4 Å². The van der Waals surface area contributed by atoms with E-state index in [2.05, 4.69) is 4.98 Å². The molecular formula is C20H25BClNO5. The number of esters is 1. The van der Waals surface area contributed by atoms with Crippen molar-refractivity contribution in [3.05, 3.63) is 35.0 Å². The lowest BCUT2D eigenvalue weighted by molar-refractivity contribution is -0.140. The average molecular weight is 406 g/mol. The molecule has 1 aromatic heterocycles. The zero-order valence-electron chi connectivity index (χ0n) is 17.0. The fourth-order valence-corrected chi connectivity index (χ4v) is 3.49. The Kier molecular flexibility index (Phi) is 5.63. The number of fused-ring (bicyclic) bond motifs is 1. The van der Waals surface area contributed by atoms with Crippen LogP contribution in [0.1, 0.15) is 45.5 Å². The quantitative estimate of drug-likeness (QED) is 0.422. The molecule has 1 aliphatic rings. The van der Waals surface area contributed by atoms with Gasteiger partial charge in [-0.1, -0.05) is 11.6 Å². The molecular weight excluding hydrogens is 380 g/mol. The fourth-order valence-electron chi connectivity index (χ4n) is 3.20. The van der Waals surface area contributed by atoms with E-state index < -0.39 is 24.1 Å². The van der Waals surface area contributed by atoms with Gasteiger partial charge in [-0.2, -0.15) is 0 Å². The third kappa shape index (κ3) is 3.84. The molecule has 3 rings (SSSR count). The Bertz CT molecular complexity index is 886. The number of pyridine rings is 1. The number of hydrogen-bond acceptors (Lipinski definition) is 6. The third-order valence-electron chi connectivity index (χ3n) is 5.62. The van der Waals surface area contributed by atoms with Crippen LogP contribution in [0.25, 0.3) is 10.9 Å². The predicted molar refractivity (Wildman–Crippen MR) is 109 cm³/mol. The van der Waals surface area contributed by atoms with Crippen LogP contribution >= 0.6 is 11.6 Å². The SMILES string of the molecule is COC(=O)CC(B1OC(C)(C)C(C)(C)O1)c1cc2cc(OC)ccc2nc1Cl. The van der Waals surface area contributed by atoms with E-state index in [1.807, 2.05) is 52.0 Å². The van der Waals surface area contributed by atoms with Crippen molar-refractivity contribution < 1.29 is 23.6 Å². The smallest absolute Gasteiger partial charge is 0.466 e. The van der Waals surface area contributed by atoms with Gasteiger partial charge in [-0.3, -0.25) is 4.79 Å². The van der Waals surface area contributed by atoms with Gasteiger partial charge >= 0.3 is 13.1 Å². The van der Waals surface area contributed by atoms with Gasteiger partial charge in [0.15, 0.2) is 0 Å². The molecule has 0 N–H and O–H groups in total. The number of carbonyl (C=O) groups excluding carboxylic acids is 1. The second kappa shape index (κ2) is 7.54. The molecule has 1 atom stereocenters. The molecule has 28 heavy (non-hydrogen) atoms. The van der Waals surface area contributed by atoms with Crippen molar-refractivity contribution in [3.8, 4) is 5.75 Å². The van der Waals surface area contributed by atoms with Gasteiger partial charge in [0.05, 0.1) is 37.4 Å². The van der Waals surface area contributed by atoms with E-state index in [-0.39, 0.29) is 12.4 Å². The minimum absolute atomic E-state index is 0.0597. The number of aromatic nitrogens is 1. The van der Waals surface area contributed by atoms with E-state index in [1.165, 1.54) is 7.11 Å². The zero-order chi connectivity index (χ0) is 20.7. The highest BCUT2D eigenvalue weighted by Gasteiger charge is 2.54. The molecule has 150 valence electrons. The highest BCUT2D eigenvalue weighted by molar-refractivity contribution is 6.48. The normalized spacial score (nSPS) is 18.9. The third-order valence-corrected chi connectivity index (χ3v) is 5.92. The van der Waals surface area contributed by atoms with E-state index in [0.29, 0.717) is 16.5 Å². The largest absolute Gasteiger partial charge is 0.497 e. The molecule has 0 amide bonds. The number of ether oxygens (including phenoxy) is 2. The first-order valence-corrected chi connectivity index (χ1v) is 9.52. The molecule has 0 aliphatic carbocycles. The first-order chi connectivity index (χ1) is 13.1. The molecule has 0 spiro atoms. The maximum absolute atomic E-state index is 12.1. The lowest BCUT2D eigenvalue weighted by Gasteiger charge is -2.32. The van der Waals surface area contributed by atoms with E-state index >= 15 is 0 Å². The van der Waals surface area contributed by atoms with Gasteiger partial charge in [-0.05, 0) is 57.5 Å². The number of rotatable bonds is 5. The maximum atomic E-state index is 12.1. The number of benzene rings is 1. The Morgan fingerprint density at radius 3 is 2.39 bits per heavy atom. The summed E-state index contributed by atoms with van der Waals surface area (Å²) in [5, 5.41) is 1.16. The molecule has 1 saturated heterocycles. The summed E-state index contributed by atoms with van der Waals surface area (Å²) >= 11 is 6.51. The summed E-state index contributed by atoms with van der Waals surface area (Å²) in [6, 6.07) is 7.45. The Balaban J connectivity index is 2.07. The molecule has 1 fully saturated rings. The van der Waals surface area contributed by atoms with Crippen molar-refractivity contribution in [2.45, 2.75) is 51.1 Å². The van der Waals surface area contributed by atoms with Crippen LogP contribution < -0.4 is 4.74 Å². The molecule has 2 heterocycles.